The van der Waals surface area contributed by atoms with Crippen LogP contribution in [-0.2, 0) is 4.74 Å². The van der Waals surface area contributed by atoms with Crippen molar-refractivity contribution in [3.05, 3.63) is 35.8 Å². The lowest BCUT2D eigenvalue weighted by molar-refractivity contribution is 0.00737. The van der Waals surface area contributed by atoms with Gasteiger partial charge in [-0.05, 0) is 38.8 Å². The monoisotopic (exact) mass is 299 g/mol. The zero-order valence-corrected chi connectivity index (χ0v) is 13.0. The van der Waals surface area contributed by atoms with E-state index in [9.17, 15) is 4.79 Å². The van der Waals surface area contributed by atoms with Crippen LogP contribution in [0.25, 0.3) is 5.65 Å². The lowest BCUT2D eigenvalue weighted by Crippen LogP contribution is -2.42. The Bertz CT molecular complexity index is 724. The molecule has 116 valence electrons. The van der Waals surface area contributed by atoms with Gasteiger partial charge in [0.15, 0.2) is 0 Å². The summed E-state index contributed by atoms with van der Waals surface area (Å²) >= 11 is 0. The number of amides is 1. The molecule has 4 rings (SSSR count). The molecule has 22 heavy (non-hydrogen) atoms. The number of fused-ring (bicyclic) bond motifs is 3. The van der Waals surface area contributed by atoms with Crippen molar-refractivity contribution in [1.82, 2.24) is 14.3 Å². The number of carbonyl (C=O) groups is 1. The molecule has 1 saturated carbocycles. The Morgan fingerprint density at radius 1 is 1.41 bits per heavy atom. The average molecular weight is 299 g/mol. The van der Waals surface area contributed by atoms with E-state index in [1.807, 2.05) is 47.5 Å². The van der Waals surface area contributed by atoms with Gasteiger partial charge < -0.3 is 9.64 Å². The van der Waals surface area contributed by atoms with Crippen LogP contribution in [0, 0.1) is 12.8 Å². The summed E-state index contributed by atoms with van der Waals surface area (Å²) in [4.78, 5) is 19.6. The first-order valence-corrected chi connectivity index (χ1v) is 8.05. The number of carbonyl (C=O) groups excluding carboxylic acids is 1. The molecule has 1 amide bonds. The molecule has 2 aliphatic rings. The molecule has 0 spiro atoms. The minimum atomic E-state index is 0.110. The van der Waals surface area contributed by atoms with Crippen LogP contribution in [-0.4, -0.2) is 45.5 Å². The van der Waals surface area contributed by atoms with Crippen molar-refractivity contribution in [1.29, 1.82) is 0 Å². The molecule has 2 fully saturated rings. The highest BCUT2D eigenvalue weighted by atomic mass is 16.5. The molecular weight excluding hydrogens is 278 g/mol. The predicted molar refractivity (Wildman–Crippen MR) is 82.9 cm³/mol. The highest BCUT2D eigenvalue weighted by Gasteiger charge is 2.47. The third-order valence-electron chi connectivity index (χ3n) is 5.03. The van der Waals surface area contributed by atoms with Gasteiger partial charge in [0, 0.05) is 31.3 Å². The molecule has 1 aliphatic carbocycles. The van der Waals surface area contributed by atoms with E-state index in [0.29, 0.717) is 23.8 Å². The second-order valence-corrected chi connectivity index (χ2v) is 6.31. The third kappa shape index (κ3) is 1.96. The lowest BCUT2D eigenvalue weighted by atomic mass is 10.1. The Hall–Kier alpha value is -1.88. The summed E-state index contributed by atoms with van der Waals surface area (Å²) in [6.45, 7) is 5.52. The van der Waals surface area contributed by atoms with Gasteiger partial charge in [0.25, 0.3) is 5.91 Å². The highest BCUT2D eigenvalue weighted by molar-refractivity contribution is 5.95. The number of nitrogens with zero attached hydrogens (tertiary/aromatic N) is 3. The van der Waals surface area contributed by atoms with Crippen LogP contribution in [0.3, 0.4) is 0 Å². The van der Waals surface area contributed by atoms with Gasteiger partial charge in [-0.1, -0.05) is 6.07 Å². The molecule has 2 aromatic heterocycles. The van der Waals surface area contributed by atoms with Crippen LogP contribution in [0.2, 0.25) is 0 Å². The Morgan fingerprint density at radius 2 is 2.27 bits per heavy atom. The van der Waals surface area contributed by atoms with Gasteiger partial charge in [-0.2, -0.15) is 0 Å². The van der Waals surface area contributed by atoms with Crippen molar-refractivity contribution in [3.63, 3.8) is 0 Å². The molecule has 1 aliphatic heterocycles. The van der Waals surface area contributed by atoms with Crippen molar-refractivity contribution < 1.29 is 9.53 Å². The zero-order valence-electron chi connectivity index (χ0n) is 13.0. The first-order valence-electron chi connectivity index (χ1n) is 8.05. The number of likely N-dealkylation sites (tertiary alicyclic amines) is 1. The number of rotatable bonds is 3. The first-order chi connectivity index (χ1) is 10.7. The maximum atomic E-state index is 13.0. The average Bonchev–Trinajstić information content (AvgIpc) is 3.17. The number of hydrogen-bond acceptors (Lipinski definition) is 3. The molecular formula is C17H21N3O2. The standard InChI is InChI=1S/C17H21N3O2/c1-3-22-14-9-13-8-12(14)10-20(13)17(21)16-11(2)18-15-6-4-5-7-19(15)16/h4-7,12-14H,3,8-10H2,1-2H3/t12?,13?,14-/m0/s1. The van der Waals surface area contributed by atoms with E-state index in [1.54, 1.807) is 0 Å². The molecule has 2 aromatic rings. The van der Waals surface area contributed by atoms with Gasteiger partial charge in [-0.3, -0.25) is 9.20 Å². The second kappa shape index (κ2) is 5.09. The number of aromatic nitrogens is 2. The minimum absolute atomic E-state index is 0.110. The first kappa shape index (κ1) is 13.8. The van der Waals surface area contributed by atoms with E-state index in [2.05, 4.69) is 4.98 Å². The Morgan fingerprint density at radius 3 is 3.00 bits per heavy atom. The lowest BCUT2D eigenvalue weighted by Gasteiger charge is -2.31. The maximum Gasteiger partial charge on any atom is 0.273 e. The normalized spacial score (nSPS) is 27.0. The third-order valence-corrected chi connectivity index (χ3v) is 5.03. The molecule has 3 atom stereocenters. The van der Waals surface area contributed by atoms with Gasteiger partial charge >= 0.3 is 0 Å². The highest BCUT2D eigenvalue weighted by Crippen LogP contribution is 2.40. The summed E-state index contributed by atoms with van der Waals surface area (Å²) in [5.74, 6) is 0.604. The number of ether oxygens (including phenoxy) is 1. The van der Waals surface area contributed by atoms with Crippen molar-refractivity contribution in [2.24, 2.45) is 5.92 Å². The fourth-order valence-corrected chi connectivity index (χ4v) is 4.08. The number of hydrogen-bond donors (Lipinski definition) is 0. The quantitative estimate of drug-likeness (QED) is 0.873. The summed E-state index contributed by atoms with van der Waals surface area (Å²) in [5.41, 5.74) is 2.34. The molecule has 5 heteroatoms. The number of piperidine rings is 1. The van der Waals surface area contributed by atoms with Crippen LogP contribution in [0.5, 0.6) is 0 Å². The molecule has 2 bridgehead atoms. The Kier molecular flexibility index (Phi) is 3.18. The fraction of sp³-hybridized carbons (Fsp3) is 0.529. The number of aryl methyl sites for hydroxylation is 1. The summed E-state index contributed by atoms with van der Waals surface area (Å²) in [6.07, 6.45) is 4.30. The van der Waals surface area contributed by atoms with Crippen LogP contribution >= 0.6 is 0 Å². The van der Waals surface area contributed by atoms with E-state index in [1.165, 1.54) is 0 Å². The molecule has 3 heterocycles. The minimum Gasteiger partial charge on any atom is -0.378 e. The fourth-order valence-electron chi connectivity index (χ4n) is 4.08. The van der Waals surface area contributed by atoms with E-state index < -0.39 is 0 Å². The molecule has 0 N–H and O–H groups in total. The smallest absolute Gasteiger partial charge is 0.273 e. The van der Waals surface area contributed by atoms with Gasteiger partial charge in [-0.25, -0.2) is 4.98 Å². The SMILES string of the molecule is CCO[C@H]1CC2CC1CN2C(=O)c1c(C)nc2ccccn12. The Labute approximate surface area is 129 Å². The molecule has 2 unspecified atom stereocenters. The number of imidazole rings is 1. The van der Waals surface area contributed by atoms with E-state index in [-0.39, 0.29) is 5.91 Å². The Balaban J connectivity index is 1.62. The molecule has 0 radical (unpaired) electrons. The number of pyridine rings is 1. The van der Waals surface area contributed by atoms with Crippen molar-refractivity contribution in [3.8, 4) is 0 Å². The summed E-state index contributed by atoms with van der Waals surface area (Å²) in [7, 11) is 0. The molecule has 1 saturated heterocycles. The van der Waals surface area contributed by atoms with Crippen LogP contribution in [0.15, 0.2) is 24.4 Å². The van der Waals surface area contributed by atoms with Crippen molar-refractivity contribution in [2.45, 2.75) is 38.8 Å². The predicted octanol–water partition coefficient (Wildman–Crippen LogP) is 2.28. The van der Waals surface area contributed by atoms with Crippen LogP contribution in [0.4, 0.5) is 0 Å². The second-order valence-electron chi connectivity index (χ2n) is 6.31. The van der Waals surface area contributed by atoms with Gasteiger partial charge in [0.05, 0.1) is 11.8 Å². The molecule has 5 nitrogen and oxygen atoms in total. The van der Waals surface area contributed by atoms with Gasteiger partial charge in [0.2, 0.25) is 0 Å². The van der Waals surface area contributed by atoms with E-state index >= 15 is 0 Å². The largest absolute Gasteiger partial charge is 0.378 e. The van der Waals surface area contributed by atoms with Crippen molar-refractivity contribution in [2.75, 3.05) is 13.2 Å². The summed E-state index contributed by atoms with van der Waals surface area (Å²) in [6, 6.07) is 6.14. The topological polar surface area (TPSA) is 46.8 Å². The van der Waals surface area contributed by atoms with Gasteiger partial charge in [-0.15, -0.1) is 0 Å². The van der Waals surface area contributed by atoms with Crippen LogP contribution in [0.1, 0.15) is 35.9 Å². The summed E-state index contributed by atoms with van der Waals surface area (Å²) < 4.78 is 7.70. The van der Waals surface area contributed by atoms with E-state index in [0.717, 1.165) is 37.3 Å². The molecule has 0 aromatic carbocycles. The van der Waals surface area contributed by atoms with E-state index in [4.69, 9.17) is 4.74 Å². The zero-order chi connectivity index (χ0) is 15.3. The van der Waals surface area contributed by atoms with Crippen LogP contribution < -0.4 is 0 Å². The summed E-state index contributed by atoms with van der Waals surface area (Å²) in [5, 5.41) is 0. The maximum absolute atomic E-state index is 13.0. The van der Waals surface area contributed by atoms with Crippen molar-refractivity contribution >= 4 is 11.6 Å². The van der Waals surface area contributed by atoms with Gasteiger partial charge in [0.1, 0.15) is 11.3 Å².